The molecule has 0 unspecified atom stereocenters. The highest BCUT2D eigenvalue weighted by molar-refractivity contribution is 5.98. The second kappa shape index (κ2) is 8.22. The summed E-state index contributed by atoms with van der Waals surface area (Å²) in [6.45, 7) is 5.37. The lowest BCUT2D eigenvalue weighted by Crippen LogP contribution is -2.43. The van der Waals surface area contributed by atoms with E-state index < -0.39 is 6.04 Å². The second-order valence-electron chi connectivity index (χ2n) is 6.01. The van der Waals surface area contributed by atoms with Gasteiger partial charge in [0.15, 0.2) is 0 Å². The minimum atomic E-state index is -0.610. The molecule has 134 valence electrons. The highest BCUT2D eigenvalue weighted by atomic mass is 16.5. The lowest BCUT2D eigenvalue weighted by atomic mass is 10.0. The summed E-state index contributed by atoms with van der Waals surface area (Å²) in [7, 11) is 1.51. The molecule has 25 heavy (non-hydrogen) atoms. The summed E-state index contributed by atoms with van der Waals surface area (Å²) in [5.74, 6) is 0.179. The molecule has 1 aromatic carbocycles. The molecule has 0 fully saturated rings. The Hall–Kier alpha value is -2.97. The number of methoxy groups -OCH3 is 1. The molecule has 0 aliphatic carbocycles. The van der Waals surface area contributed by atoms with E-state index in [1.807, 2.05) is 13.8 Å². The molecule has 2 amide bonds. The average Bonchev–Trinajstić information content (AvgIpc) is 3.08. The molecule has 0 aliphatic heterocycles. The van der Waals surface area contributed by atoms with E-state index in [0.29, 0.717) is 23.5 Å². The summed E-state index contributed by atoms with van der Waals surface area (Å²) >= 11 is 0. The van der Waals surface area contributed by atoms with Crippen LogP contribution >= 0.6 is 0 Å². The van der Waals surface area contributed by atoms with Crippen molar-refractivity contribution in [1.82, 2.24) is 25.5 Å². The van der Waals surface area contributed by atoms with E-state index in [-0.39, 0.29) is 17.7 Å². The SMILES string of the molecule is COc1cc(-n2cnnn2)ccc1NC(=O)[C@H](CC(C)C)NC(C)=O. The molecule has 2 N–H and O–H groups in total. The van der Waals surface area contributed by atoms with Crippen LogP contribution in [0.15, 0.2) is 24.5 Å². The van der Waals surface area contributed by atoms with E-state index in [9.17, 15) is 9.59 Å². The van der Waals surface area contributed by atoms with Gasteiger partial charge in [0.05, 0.1) is 18.5 Å². The predicted molar refractivity (Wildman–Crippen MR) is 91.4 cm³/mol. The minimum Gasteiger partial charge on any atom is -0.494 e. The zero-order valence-corrected chi connectivity index (χ0v) is 14.7. The number of tetrazole rings is 1. The number of carbonyl (C=O) groups excluding carboxylic acids is 2. The largest absolute Gasteiger partial charge is 0.494 e. The van der Waals surface area contributed by atoms with Gasteiger partial charge in [-0.15, -0.1) is 5.10 Å². The van der Waals surface area contributed by atoms with Crippen molar-refractivity contribution < 1.29 is 14.3 Å². The van der Waals surface area contributed by atoms with Crippen molar-refractivity contribution in [3.63, 3.8) is 0 Å². The number of nitrogens with one attached hydrogen (secondary N) is 2. The molecule has 2 aromatic rings. The molecule has 0 saturated heterocycles. The van der Waals surface area contributed by atoms with Gasteiger partial charge in [0.1, 0.15) is 18.1 Å². The number of amides is 2. The van der Waals surface area contributed by atoms with Crippen LogP contribution in [0.1, 0.15) is 27.2 Å². The molecule has 0 aliphatic rings. The Bertz CT molecular complexity index is 729. The van der Waals surface area contributed by atoms with E-state index in [4.69, 9.17) is 4.74 Å². The standard InChI is InChI=1S/C16H22N6O3/c1-10(2)7-14(18-11(3)23)16(24)19-13-6-5-12(8-15(13)25-4)22-9-17-20-21-22/h5-6,8-10,14H,7H2,1-4H3,(H,18,23)(H,19,24)/t14-/m0/s1. The van der Waals surface area contributed by atoms with E-state index in [1.165, 1.54) is 25.0 Å². The number of nitrogens with zero attached hydrogens (tertiary/aromatic N) is 4. The van der Waals surface area contributed by atoms with E-state index in [2.05, 4.69) is 26.2 Å². The summed E-state index contributed by atoms with van der Waals surface area (Å²) in [6.07, 6.45) is 2.00. The van der Waals surface area contributed by atoms with Gasteiger partial charge >= 0.3 is 0 Å². The first-order valence-electron chi connectivity index (χ1n) is 7.90. The maximum Gasteiger partial charge on any atom is 0.247 e. The number of hydrogen-bond donors (Lipinski definition) is 2. The Balaban J connectivity index is 2.19. The van der Waals surface area contributed by atoms with Crippen LogP contribution < -0.4 is 15.4 Å². The zero-order valence-electron chi connectivity index (χ0n) is 14.7. The molecule has 0 bridgehead atoms. The van der Waals surface area contributed by atoms with Crippen LogP contribution in [0.25, 0.3) is 5.69 Å². The third-order valence-corrected chi connectivity index (χ3v) is 3.46. The van der Waals surface area contributed by atoms with Crippen LogP contribution in [0, 0.1) is 5.92 Å². The van der Waals surface area contributed by atoms with Crippen LogP contribution in [-0.4, -0.2) is 45.2 Å². The number of rotatable bonds is 7. The summed E-state index contributed by atoms with van der Waals surface area (Å²) in [5.41, 5.74) is 1.20. The fourth-order valence-electron chi connectivity index (χ4n) is 2.37. The van der Waals surface area contributed by atoms with E-state index >= 15 is 0 Å². The zero-order chi connectivity index (χ0) is 18.4. The van der Waals surface area contributed by atoms with Gasteiger partial charge in [-0.1, -0.05) is 13.8 Å². The summed E-state index contributed by atoms with van der Waals surface area (Å²) in [5, 5.41) is 16.5. The summed E-state index contributed by atoms with van der Waals surface area (Å²) in [6, 6.07) is 4.56. The molecular formula is C16H22N6O3. The highest BCUT2D eigenvalue weighted by Crippen LogP contribution is 2.27. The molecular weight excluding hydrogens is 324 g/mol. The van der Waals surface area contributed by atoms with Gasteiger partial charge < -0.3 is 15.4 Å². The van der Waals surface area contributed by atoms with Gasteiger partial charge in [-0.3, -0.25) is 9.59 Å². The monoisotopic (exact) mass is 346 g/mol. The Morgan fingerprint density at radius 3 is 2.64 bits per heavy atom. The minimum absolute atomic E-state index is 0.248. The fraction of sp³-hybridized carbons (Fsp3) is 0.438. The van der Waals surface area contributed by atoms with Gasteiger partial charge in [0.2, 0.25) is 11.8 Å². The molecule has 9 nitrogen and oxygen atoms in total. The normalized spacial score (nSPS) is 11.9. The van der Waals surface area contributed by atoms with Crippen LogP contribution in [0.3, 0.4) is 0 Å². The van der Waals surface area contributed by atoms with Gasteiger partial charge in [-0.05, 0) is 34.9 Å². The second-order valence-corrected chi connectivity index (χ2v) is 6.01. The van der Waals surface area contributed by atoms with Crippen molar-refractivity contribution in [3.05, 3.63) is 24.5 Å². The number of aromatic nitrogens is 4. The molecule has 1 heterocycles. The third kappa shape index (κ3) is 5.00. The maximum absolute atomic E-state index is 12.5. The number of hydrogen-bond acceptors (Lipinski definition) is 6. The van der Waals surface area contributed by atoms with Gasteiger partial charge in [0.25, 0.3) is 0 Å². The Labute approximate surface area is 145 Å². The Morgan fingerprint density at radius 1 is 1.32 bits per heavy atom. The molecule has 9 heteroatoms. The number of anilines is 1. The van der Waals surface area contributed by atoms with Crippen LogP contribution in [0.5, 0.6) is 5.75 Å². The van der Waals surface area contributed by atoms with E-state index in [1.54, 1.807) is 18.2 Å². The molecule has 1 aromatic heterocycles. The van der Waals surface area contributed by atoms with Gasteiger partial charge in [0, 0.05) is 13.0 Å². The maximum atomic E-state index is 12.5. The molecule has 0 radical (unpaired) electrons. The van der Waals surface area contributed by atoms with Crippen molar-refractivity contribution in [3.8, 4) is 11.4 Å². The topological polar surface area (TPSA) is 111 Å². The van der Waals surface area contributed by atoms with Gasteiger partial charge in [-0.2, -0.15) is 0 Å². The number of benzene rings is 1. The van der Waals surface area contributed by atoms with Crippen LogP contribution in [0.2, 0.25) is 0 Å². The van der Waals surface area contributed by atoms with Crippen molar-refractivity contribution >= 4 is 17.5 Å². The summed E-state index contributed by atoms with van der Waals surface area (Å²) in [4.78, 5) is 23.9. The first-order chi connectivity index (χ1) is 11.9. The quantitative estimate of drug-likeness (QED) is 0.778. The van der Waals surface area contributed by atoms with Crippen molar-refractivity contribution in [1.29, 1.82) is 0 Å². The van der Waals surface area contributed by atoms with Crippen molar-refractivity contribution in [2.45, 2.75) is 33.2 Å². The number of ether oxygens (including phenoxy) is 1. The molecule has 2 rings (SSSR count). The third-order valence-electron chi connectivity index (χ3n) is 3.46. The Kier molecular flexibility index (Phi) is 6.04. The lowest BCUT2D eigenvalue weighted by Gasteiger charge is -2.20. The van der Waals surface area contributed by atoms with E-state index in [0.717, 1.165) is 0 Å². The molecule has 0 spiro atoms. The number of carbonyl (C=O) groups is 2. The van der Waals surface area contributed by atoms with Crippen molar-refractivity contribution in [2.75, 3.05) is 12.4 Å². The predicted octanol–water partition coefficient (Wildman–Crippen LogP) is 1.16. The van der Waals surface area contributed by atoms with Crippen LogP contribution in [-0.2, 0) is 9.59 Å². The Morgan fingerprint density at radius 2 is 2.08 bits per heavy atom. The molecule has 1 atom stereocenters. The first-order valence-corrected chi connectivity index (χ1v) is 7.90. The molecule has 0 saturated carbocycles. The average molecular weight is 346 g/mol. The lowest BCUT2D eigenvalue weighted by molar-refractivity contribution is -0.125. The highest BCUT2D eigenvalue weighted by Gasteiger charge is 2.22. The summed E-state index contributed by atoms with van der Waals surface area (Å²) < 4.78 is 6.82. The van der Waals surface area contributed by atoms with Gasteiger partial charge in [-0.25, -0.2) is 4.68 Å². The first kappa shape index (κ1) is 18.4. The fourth-order valence-corrected chi connectivity index (χ4v) is 2.37. The van der Waals surface area contributed by atoms with Crippen molar-refractivity contribution in [2.24, 2.45) is 5.92 Å². The van der Waals surface area contributed by atoms with Crippen LogP contribution in [0.4, 0.5) is 5.69 Å². The smallest absolute Gasteiger partial charge is 0.247 e.